The van der Waals surface area contributed by atoms with Crippen LogP contribution in [0.2, 0.25) is 0 Å². The number of benzene rings is 1. The van der Waals surface area contributed by atoms with Crippen LogP contribution in [0.5, 0.6) is 0 Å². The van der Waals surface area contributed by atoms with E-state index in [9.17, 15) is 9.90 Å². The highest BCUT2D eigenvalue weighted by molar-refractivity contribution is 7.16. The van der Waals surface area contributed by atoms with Gasteiger partial charge in [-0.3, -0.25) is 9.69 Å². The van der Waals surface area contributed by atoms with Crippen molar-refractivity contribution < 1.29 is 9.90 Å². The molecule has 7 nitrogen and oxygen atoms in total. The summed E-state index contributed by atoms with van der Waals surface area (Å²) in [4.78, 5) is 20.9. The van der Waals surface area contributed by atoms with E-state index in [-0.39, 0.29) is 11.9 Å². The number of amides is 1. The van der Waals surface area contributed by atoms with E-state index < -0.39 is 6.23 Å². The smallest absolute Gasteiger partial charge is 0.242 e. The van der Waals surface area contributed by atoms with E-state index in [1.54, 1.807) is 11.3 Å². The van der Waals surface area contributed by atoms with Crippen molar-refractivity contribution >= 4 is 33.6 Å². The summed E-state index contributed by atoms with van der Waals surface area (Å²) in [5, 5.41) is 18.8. The van der Waals surface area contributed by atoms with Gasteiger partial charge in [-0.2, -0.15) is 0 Å². The molecule has 2 aromatic heterocycles. The molecule has 5 rings (SSSR count). The van der Waals surface area contributed by atoms with Crippen LogP contribution in [0.25, 0.3) is 10.4 Å². The standard InChI is InChI=1S/C23H27N5O2S2/c24-10-14-3-5-15(6-4-14)19-11-26-22(32-19)16-12-28(13-16)23(30)18-7-8-20(31-18)27-21(29)17-2-1-9-25-17/h3-8,11,16-17,23,25,30H,1-2,9-10,12-13,24H2,(H,27,29)/t17-,23?/m0/s1. The lowest BCUT2D eigenvalue weighted by Crippen LogP contribution is -2.46. The number of anilines is 1. The number of nitrogens with two attached hydrogens (primary N) is 1. The minimum atomic E-state index is -0.658. The first-order chi connectivity index (χ1) is 15.6. The van der Waals surface area contributed by atoms with Crippen LogP contribution < -0.4 is 16.4 Å². The maximum absolute atomic E-state index is 12.3. The Hall–Kier alpha value is -2.14. The Labute approximate surface area is 195 Å². The van der Waals surface area contributed by atoms with E-state index in [2.05, 4.69) is 39.9 Å². The van der Waals surface area contributed by atoms with Crippen molar-refractivity contribution in [2.24, 2.45) is 5.73 Å². The van der Waals surface area contributed by atoms with Crippen LogP contribution in [0.1, 0.15) is 40.4 Å². The van der Waals surface area contributed by atoms with Gasteiger partial charge in [-0.25, -0.2) is 4.98 Å². The Balaban J connectivity index is 1.15. The summed E-state index contributed by atoms with van der Waals surface area (Å²) in [5.74, 6) is 0.339. The minimum Gasteiger partial charge on any atom is -0.373 e. The van der Waals surface area contributed by atoms with Crippen LogP contribution >= 0.6 is 22.7 Å². The van der Waals surface area contributed by atoms with Crippen molar-refractivity contribution in [2.45, 2.75) is 37.6 Å². The SMILES string of the molecule is NCc1ccc(-c2cnc(C3CN(C(O)c4ccc(NC(=O)[C@@H]5CCCN5)s4)C3)s2)cc1. The predicted molar refractivity (Wildman–Crippen MR) is 129 cm³/mol. The van der Waals surface area contributed by atoms with Gasteiger partial charge in [0.05, 0.1) is 25.8 Å². The number of thiazole rings is 1. The van der Waals surface area contributed by atoms with Gasteiger partial charge in [-0.05, 0) is 42.6 Å². The van der Waals surface area contributed by atoms with Crippen molar-refractivity contribution in [3.05, 3.63) is 58.0 Å². The molecule has 4 heterocycles. The third kappa shape index (κ3) is 4.50. The number of nitrogens with one attached hydrogen (secondary N) is 2. The number of hydrogen-bond donors (Lipinski definition) is 4. The molecular formula is C23H27N5O2S2. The summed E-state index contributed by atoms with van der Waals surface area (Å²) in [6.07, 6.45) is 3.18. The molecule has 0 spiro atoms. The molecule has 1 aromatic carbocycles. The lowest BCUT2D eigenvalue weighted by molar-refractivity contribution is -0.117. The molecule has 2 atom stereocenters. The van der Waals surface area contributed by atoms with Crippen molar-refractivity contribution in [3.8, 4) is 10.4 Å². The fourth-order valence-corrected chi connectivity index (χ4v) is 6.08. The first-order valence-electron chi connectivity index (χ1n) is 10.9. The average molecular weight is 470 g/mol. The highest BCUT2D eigenvalue weighted by Gasteiger charge is 2.35. The number of likely N-dealkylation sites (tertiary alicyclic amines) is 1. The number of aliphatic hydroxyl groups is 1. The van der Waals surface area contributed by atoms with Crippen molar-refractivity contribution in [3.63, 3.8) is 0 Å². The highest BCUT2D eigenvalue weighted by atomic mass is 32.1. The van der Waals surface area contributed by atoms with E-state index in [0.29, 0.717) is 12.5 Å². The number of thiophene rings is 1. The second-order valence-corrected chi connectivity index (χ2v) is 10.5. The van der Waals surface area contributed by atoms with E-state index in [0.717, 1.165) is 63.4 Å². The van der Waals surface area contributed by atoms with Crippen LogP contribution in [0.15, 0.2) is 42.6 Å². The molecule has 32 heavy (non-hydrogen) atoms. The molecule has 1 unspecified atom stereocenters. The maximum atomic E-state index is 12.3. The van der Waals surface area contributed by atoms with Gasteiger partial charge in [0.15, 0.2) is 0 Å². The summed E-state index contributed by atoms with van der Waals surface area (Å²) >= 11 is 3.15. The normalized spacial score (nSPS) is 20.2. The topological polar surface area (TPSA) is 104 Å². The molecule has 2 aliphatic rings. The average Bonchev–Trinajstić information content (AvgIpc) is 3.54. The summed E-state index contributed by atoms with van der Waals surface area (Å²) < 4.78 is 0. The van der Waals surface area contributed by atoms with E-state index in [1.807, 2.05) is 23.2 Å². The van der Waals surface area contributed by atoms with Gasteiger partial charge in [0.1, 0.15) is 6.23 Å². The van der Waals surface area contributed by atoms with Crippen LogP contribution in [0, 0.1) is 0 Å². The van der Waals surface area contributed by atoms with Crippen LogP contribution in [-0.4, -0.2) is 46.6 Å². The second-order valence-electron chi connectivity index (χ2n) is 8.33. The number of carbonyl (C=O) groups is 1. The molecule has 2 saturated heterocycles. The van der Waals surface area contributed by atoms with Gasteiger partial charge in [0, 0.05) is 31.7 Å². The summed E-state index contributed by atoms with van der Waals surface area (Å²) in [6.45, 7) is 2.98. The molecular weight excluding hydrogens is 442 g/mol. The Morgan fingerprint density at radius 2 is 2.06 bits per heavy atom. The van der Waals surface area contributed by atoms with Gasteiger partial charge in [0.2, 0.25) is 5.91 Å². The number of aromatic nitrogens is 1. The zero-order chi connectivity index (χ0) is 22.1. The lowest BCUT2D eigenvalue weighted by atomic mass is 10.0. The van der Waals surface area contributed by atoms with Crippen LogP contribution in [-0.2, 0) is 11.3 Å². The van der Waals surface area contributed by atoms with Crippen molar-refractivity contribution in [1.29, 1.82) is 0 Å². The molecule has 9 heteroatoms. The third-order valence-corrected chi connectivity index (χ3v) is 8.36. The molecule has 5 N–H and O–H groups in total. The molecule has 3 aromatic rings. The summed E-state index contributed by atoms with van der Waals surface area (Å²) in [7, 11) is 0. The summed E-state index contributed by atoms with van der Waals surface area (Å²) in [6, 6.07) is 11.9. The first-order valence-corrected chi connectivity index (χ1v) is 12.5. The maximum Gasteiger partial charge on any atom is 0.242 e. The Kier molecular flexibility index (Phi) is 6.36. The number of carbonyl (C=O) groups excluding carboxylic acids is 1. The Bertz CT molecular complexity index is 1070. The van der Waals surface area contributed by atoms with Crippen molar-refractivity contribution in [2.75, 3.05) is 25.0 Å². The molecule has 168 valence electrons. The van der Waals surface area contributed by atoms with Crippen LogP contribution in [0.4, 0.5) is 5.00 Å². The fraction of sp³-hybridized carbons (Fsp3) is 0.391. The van der Waals surface area contributed by atoms with E-state index >= 15 is 0 Å². The number of hydrogen-bond acceptors (Lipinski definition) is 8. The molecule has 0 saturated carbocycles. The van der Waals surface area contributed by atoms with Crippen molar-refractivity contribution in [1.82, 2.24) is 15.2 Å². The Morgan fingerprint density at radius 3 is 2.78 bits per heavy atom. The number of nitrogens with zero attached hydrogens (tertiary/aromatic N) is 2. The van der Waals surface area contributed by atoms with Gasteiger partial charge in [-0.15, -0.1) is 22.7 Å². The number of aliphatic hydroxyl groups excluding tert-OH is 1. The second kappa shape index (κ2) is 9.38. The lowest BCUT2D eigenvalue weighted by Gasteiger charge is -2.40. The monoisotopic (exact) mass is 469 g/mol. The van der Waals surface area contributed by atoms with Gasteiger partial charge >= 0.3 is 0 Å². The zero-order valence-electron chi connectivity index (χ0n) is 17.7. The zero-order valence-corrected chi connectivity index (χ0v) is 19.3. The quantitative estimate of drug-likeness (QED) is 0.424. The van der Waals surface area contributed by atoms with E-state index in [1.165, 1.54) is 11.3 Å². The molecule has 0 aliphatic carbocycles. The molecule has 2 fully saturated rings. The highest BCUT2D eigenvalue weighted by Crippen LogP contribution is 2.39. The fourth-order valence-electron chi connectivity index (χ4n) is 4.14. The predicted octanol–water partition coefficient (Wildman–Crippen LogP) is 3.11. The molecule has 0 radical (unpaired) electrons. The van der Waals surface area contributed by atoms with Gasteiger partial charge < -0.3 is 21.5 Å². The number of rotatable bonds is 7. The van der Waals surface area contributed by atoms with Crippen LogP contribution in [0.3, 0.4) is 0 Å². The van der Waals surface area contributed by atoms with Gasteiger partial charge in [-0.1, -0.05) is 24.3 Å². The van der Waals surface area contributed by atoms with E-state index in [4.69, 9.17) is 5.73 Å². The third-order valence-electron chi connectivity index (χ3n) is 6.11. The summed E-state index contributed by atoms with van der Waals surface area (Å²) in [5.41, 5.74) is 7.96. The Morgan fingerprint density at radius 1 is 1.25 bits per heavy atom. The largest absolute Gasteiger partial charge is 0.373 e. The molecule has 0 bridgehead atoms. The molecule has 2 aliphatic heterocycles. The first kappa shape index (κ1) is 21.7. The van der Waals surface area contributed by atoms with Gasteiger partial charge in [0.25, 0.3) is 0 Å². The molecule has 1 amide bonds. The minimum absolute atomic E-state index is 0.00615.